The smallest absolute Gasteiger partial charge is 0.407 e. The number of methoxy groups -OCH3 is 2. The Morgan fingerprint density at radius 1 is 1.20 bits per heavy atom. The fourth-order valence-corrected chi connectivity index (χ4v) is 2.42. The average Bonchev–Trinajstić information content (AvgIpc) is 2.44. The summed E-state index contributed by atoms with van der Waals surface area (Å²) in [5.74, 6) is -0.138. The highest BCUT2D eigenvalue weighted by Crippen LogP contribution is 2.22. The SMILES string of the molecule is COC(=O)CCC1CC(NC(=O)OC)CN(C(C)=O)C1. The lowest BCUT2D eigenvalue weighted by atomic mass is 9.90. The van der Waals surface area contributed by atoms with Crippen LogP contribution in [0.15, 0.2) is 0 Å². The van der Waals surface area contributed by atoms with Gasteiger partial charge >= 0.3 is 12.1 Å². The Bertz CT molecular complexity index is 372. The van der Waals surface area contributed by atoms with Crippen LogP contribution >= 0.6 is 0 Å². The molecule has 0 spiro atoms. The maximum Gasteiger partial charge on any atom is 0.407 e. The minimum absolute atomic E-state index is 0.0376. The number of likely N-dealkylation sites (tertiary alicyclic amines) is 1. The van der Waals surface area contributed by atoms with Gasteiger partial charge in [0, 0.05) is 26.4 Å². The molecule has 1 saturated heterocycles. The molecule has 1 fully saturated rings. The van der Waals surface area contributed by atoms with Gasteiger partial charge in [0.05, 0.1) is 20.3 Å². The molecule has 0 saturated carbocycles. The number of amides is 2. The van der Waals surface area contributed by atoms with Gasteiger partial charge in [-0.3, -0.25) is 9.59 Å². The largest absolute Gasteiger partial charge is 0.469 e. The molecule has 0 aromatic rings. The Hall–Kier alpha value is -1.79. The lowest BCUT2D eigenvalue weighted by Gasteiger charge is -2.37. The van der Waals surface area contributed by atoms with Crippen LogP contribution in [-0.2, 0) is 19.1 Å². The van der Waals surface area contributed by atoms with E-state index >= 15 is 0 Å². The second-order valence-corrected chi connectivity index (χ2v) is 4.97. The molecule has 7 nitrogen and oxygen atoms in total. The summed E-state index contributed by atoms with van der Waals surface area (Å²) < 4.78 is 9.19. The zero-order chi connectivity index (χ0) is 15.1. The van der Waals surface area contributed by atoms with Crippen LogP contribution in [0, 0.1) is 5.92 Å². The van der Waals surface area contributed by atoms with E-state index in [0.29, 0.717) is 25.9 Å². The highest BCUT2D eigenvalue weighted by atomic mass is 16.5. The van der Waals surface area contributed by atoms with Gasteiger partial charge in [-0.2, -0.15) is 0 Å². The van der Waals surface area contributed by atoms with E-state index in [1.807, 2.05) is 0 Å². The minimum atomic E-state index is -0.507. The minimum Gasteiger partial charge on any atom is -0.469 e. The molecule has 0 aliphatic carbocycles. The van der Waals surface area contributed by atoms with Crippen molar-refractivity contribution in [3.63, 3.8) is 0 Å². The van der Waals surface area contributed by atoms with E-state index in [1.165, 1.54) is 21.1 Å². The number of rotatable bonds is 4. The maximum absolute atomic E-state index is 11.5. The third kappa shape index (κ3) is 5.07. The van der Waals surface area contributed by atoms with E-state index in [2.05, 4.69) is 14.8 Å². The molecule has 7 heteroatoms. The van der Waals surface area contributed by atoms with E-state index in [4.69, 9.17) is 0 Å². The van der Waals surface area contributed by atoms with Gasteiger partial charge in [-0.1, -0.05) is 0 Å². The highest BCUT2D eigenvalue weighted by molar-refractivity contribution is 5.74. The van der Waals surface area contributed by atoms with Crippen molar-refractivity contribution >= 4 is 18.0 Å². The van der Waals surface area contributed by atoms with Gasteiger partial charge in [-0.25, -0.2) is 4.79 Å². The first kappa shape index (κ1) is 16.3. The summed E-state index contributed by atoms with van der Waals surface area (Å²) in [4.78, 5) is 35.7. The Balaban J connectivity index is 2.58. The summed E-state index contributed by atoms with van der Waals surface area (Å²) in [6, 6.07) is -0.150. The number of carbonyl (C=O) groups is 3. The van der Waals surface area contributed by atoms with Crippen molar-refractivity contribution in [3.05, 3.63) is 0 Å². The van der Waals surface area contributed by atoms with Crippen LogP contribution in [0.25, 0.3) is 0 Å². The Kier molecular flexibility index (Phi) is 6.27. The average molecular weight is 286 g/mol. The quantitative estimate of drug-likeness (QED) is 0.762. The summed E-state index contributed by atoms with van der Waals surface area (Å²) in [6.45, 7) is 2.57. The zero-order valence-corrected chi connectivity index (χ0v) is 12.2. The standard InChI is InChI=1S/C13H22N2O5/c1-9(16)15-7-10(4-5-12(17)19-2)6-11(8-15)14-13(18)20-3/h10-11H,4-8H2,1-3H3,(H,14,18). The molecule has 114 valence electrons. The van der Waals surface area contributed by atoms with Crippen molar-refractivity contribution in [2.45, 2.75) is 32.2 Å². The van der Waals surface area contributed by atoms with E-state index in [1.54, 1.807) is 4.90 Å². The number of carbonyl (C=O) groups excluding carboxylic acids is 3. The van der Waals surface area contributed by atoms with Gasteiger partial charge in [0.2, 0.25) is 5.91 Å². The van der Waals surface area contributed by atoms with Crippen LogP contribution in [0.4, 0.5) is 4.79 Å². The van der Waals surface area contributed by atoms with Crippen LogP contribution in [-0.4, -0.2) is 56.2 Å². The first-order valence-electron chi connectivity index (χ1n) is 6.63. The van der Waals surface area contributed by atoms with Crippen molar-refractivity contribution in [3.8, 4) is 0 Å². The molecule has 1 aliphatic heterocycles. The second kappa shape index (κ2) is 7.72. The van der Waals surface area contributed by atoms with Gasteiger partial charge in [0.15, 0.2) is 0 Å². The van der Waals surface area contributed by atoms with Crippen molar-refractivity contribution in [2.75, 3.05) is 27.3 Å². The molecule has 2 atom stereocenters. The molecule has 0 radical (unpaired) electrons. The van der Waals surface area contributed by atoms with Gasteiger partial charge in [-0.15, -0.1) is 0 Å². The van der Waals surface area contributed by atoms with Gasteiger partial charge in [0.1, 0.15) is 0 Å². The van der Waals surface area contributed by atoms with Crippen LogP contribution < -0.4 is 5.32 Å². The lowest BCUT2D eigenvalue weighted by molar-refractivity contribution is -0.141. The van der Waals surface area contributed by atoms with Crippen LogP contribution in [0.5, 0.6) is 0 Å². The number of hydrogen-bond donors (Lipinski definition) is 1. The number of esters is 1. The van der Waals surface area contributed by atoms with Gasteiger partial charge in [0.25, 0.3) is 0 Å². The molecule has 1 N–H and O–H groups in total. The monoisotopic (exact) mass is 286 g/mol. The van der Waals surface area contributed by atoms with Crippen LogP contribution in [0.2, 0.25) is 0 Å². The molecule has 1 heterocycles. The molecule has 1 rings (SSSR count). The Morgan fingerprint density at radius 2 is 1.90 bits per heavy atom. The predicted molar refractivity (Wildman–Crippen MR) is 70.9 cm³/mol. The number of piperidine rings is 1. The molecule has 20 heavy (non-hydrogen) atoms. The molecule has 0 aromatic carbocycles. The molecule has 1 aliphatic rings. The summed E-state index contributed by atoms with van der Waals surface area (Å²) in [5.41, 5.74) is 0. The number of hydrogen-bond acceptors (Lipinski definition) is 5. The summed E-state index contributed by atoms with van der Waals surface area (Å²) >= 11 is 0. The van der Waals surface area contributed by atoms with E-state index in [9.17, 15) is 14.4 Å². The van der Waals surface area contributed by atoms with Crippen molar-refractivity contribution in [1.82, 2.24) is 10.2 Å². The maximum atomic E-state index is 11.5. The van der Waals surface area contributed by atoms with Crippen LogP contribution in [0.3, 0.4) is 0 Å². The fraction of sp³-hybridized carbons (Fsp3) is 0.769. The summed E-state index contributed by atoms with van der Waals surface area (Å²) in [6.07, 6.45) is 1.16. The number of nitrogens with one attached hydrogen (secondary N) is 1. The first-order valence-corrected chi connectivity index (χ1v) is 6.63. The van der Waals surface area contributed by atoms with E-state index in [-0.39, 0.29) is 23.8 Å². The van der Waals surface area contributed by atoms with Gasteiger partial charge < -0.3 is 19.7 Å². The molecule has 0 aromatic heterocycles. The fourth-order valence-electron chi connectivity index (χ4n) is 2.42. The van der Waals surface area contributed by atoms with Gasteiger partial charge in [-0.05, 0) is 18.8 Å². The predicted octanol–water partition coefficient (Wildman–Crippen LogP) is 0.533. The number of alkyl carbamates (subject to hydrolysis) is 1. The molecule has 2 amide bonds. The lowest BCUT2D eigenvalue weighted by Crippen LogP contribution is -2.52. The summed E-state index contributed by atoms with van der Waals surface area (Å²) in [5, 5.41) is 2.71. The normalized spacial score (nSPS) is 22.1. The van der Waals surface area contributed by atoms with Crippen molar-refractivity contribution in [2.24, 2.45) is 5.92 Å². The first-order chi connectivity index (χ1) is 9.46. The third-order valence-electron chi connectivity index (χ3n) is 3.47. The summed E-state index contributed by atoms with van der Waals surface area (Å²) in [7, 11) is 2.66. The Morgan fingerprint density at radius 3 is 2.45 bits per heavy atom. The number of nitrogens with zero attached hydrogens (tertiary/aromatic N) is 1. The third-order valence-corrected chi connectivity index (χ3v) is 3.47. The van der Waals surface area contributed by atoms with E-state index < -0.39 is 6.09 Å². The highest BCUT2D eigenvalue weighted by Gasteiger charge is 2.29. The molecule has 0 bridgehead atoms. The van der Waals surface area contributed by atoms with Crippen molar-refractivity contribution < 1.29 is 23.9 Å². The molecule has 2 unspecified atom stereocenters. The van der Waals surface area contributed by atoms with Crippen molar-refractivity contribution in [1.29, 1.82) is 0 Å². The number of ether oxygens (including phenoxy) is 2. The second-order valence-electron chi connectivity index (χ2n) is 4.97. The molecular weight excluding hydrogens is 264 g/mol. The molecular formula is C13H22N2O5. The van der Waals surface area contributed by atoms with Crippen LogP contribution in [0.1, 0.15) is 26.2 Å². The van der Waals surface area contributed by atoms with E-state index in [0.717, 1.165) is 6.42 Å². The topological polar surface area (TPSA) is 84.9 Å². The Labute approximate surface area is 118 Å². The zero-order valence-electron chi connectivity index (χ0n) is 12.2.